The number of aromatic nitrogens is 2. The molecule has 0 saturated carbocycles. The van der Waals surface area contributed by atoms with Gasteiger partial charge in [-0.05, 0) is 24.3 Å². The van der Waals surface area contributed by atoms with Gasteiger partial charge in [-0.1, -0.05) is 11.6 Å². The maximum atomic E-state index is 11.6. The van der Waals surface area contributed by atoms with Crippen molar-refractivity contribution in [2.45, 2.75) is 4.90 Å². The molecule has 1 aromatic heterocycles. The zero-order chi connectivity index (χ0) is 15.1. The highest BCUT2D eigenvalue weighted by molar-refractivity contribution is 8.00. The van der Waals surface area contributed by atoms with Crippen LogP contribution in [0.4, 0.5) is 0 Å². The summed E-state index contributed by atoms with van der Waals surface area (Å²) in [6.45, 7) is 0. The normalized spacial score (nSPS) is 9.95. The van der Waals surface area contributed by atoms with Crippen LogP contribution in [0.1, 0.15) is 10.5 Å². The summed E-state index contributed by atoms with van der Waals surface area (Å²) >= 11 is 7.10. The number of halogens is 1. The zero-order valence-electron chi connectivity index (χ0n) is 10.7. The van der Waals surface area contributed by atoms with Gasteiger partial charge in [-0.25, -0.2) is 4.98 Å². The Kier molecular flexibility index (Phi) is 5.53. The van der Waals surface area contributed by atoms with Gasteiger partial charge in [0.05, 0.1) is 11.9 Å². The van der Waals surface area contributed by atoms with Gasteiger partial charge in [0.1, 0.15) is 5.69 Å². The van der Waals surface area contributed by atoms with Crippen LogP contribution in [0.5, 0.6) is 0 Å². The predicted octanol–water partition coefficient (Wildman–Crippen LogP) is 1.68. The lowest BCUT2D eigenvalue weighted by Crippen LogP contribution is -2.42. The Labute approximate surface area is 130 Å². The molecule has 8 heteroatoms. The van der Waals surface area contributed by atoms with Gasteiger partial charge in [0.25, 0.3) is 5.91 Å². The van der Waals surface area contributed by atoms with Crippen LogP contribution in [0.25, 0.3) is 0 Å². The highest BCUT2D eigenvalue weighted by atomic mass is 35.5. The van der Waals surface area contributed by atoms with Crippen LogP contribution in [0, 0.1) is 0 Å². The predicted molar refractivity (Wildman–Crippen MR) is 79.8 cm³/mol. The monoisotopic (exact) mass is 322 g/mol. The Hall–Kier alpha value is -2.12. The Morgan fingerprint density at radius 1 is 1.14 bits per heavy atom. The largest absolute Gasteiger partial charge is 0.289 e. The number of hydrogen-bond donors (Lipinski definition) is 2. The second-order valence-corrected chi connectivity index (χ2v) is 5.32. The van der Waals surface area contributed by atoms with E-state index < -0.39 is 5.91 Å². The first-order valence-electron chi connectivity index (χ1n) is 5.89. The fraction of sp³-hybridized carbons (Fsp3) is 0.0769. The Bertz CT molecular complexity index is 622. The first kappa shape index (κ1) is 15.3. The summed E-state index contributed by atoms with van der Waals surface area (Å²) in [5, 5.41) is 0.639. The molecule has 0 atom stereocenters. The topological polar surface area (TPSA) is 84.0 Å². The van der Waals surface area contributed by atoms with E-state index in [9.17, 15) is 9.59 Å². The minimum atomic E-state index is -0.520. The SMILES string of the molecule is O=C(CSc1ccc(Cl)cc1)NNC(=O)c1cnccn1. The number of hydrogen-bond acceptors (Lipinski definition) is 5. The second kappa shape index (κ2) is 7.61. The van der Waals surface area contributed by atoms with Gasteiger partial charge in [0, 0.05) is 22.3 Å². The molecule has 21 heavy (non-hydrogen) atoms. The molecule has 2 N–H and O–H groups in total. The summed E-state index contributed by atoms with van der Waals surface area (Å²) in [6, 6.07) is 7.13. The highest BCUT2D eigenvalue weighted by Crippen LogP contribution is 2.19. The summed E-state index contributed by atoms with van der Waals surface area (Å²) in [7, 11) is 0. The van der Waals surface area contributed by atoms with Gasteiger partial charge in [0.15, 0.2) is 0 Å². The van der Waals surface area contributed by atoms with Crippen molar-refractivity contribution < 1.29 is 9.59 Å². The number of nitrogens with one attached hydrogen (secondary N) is 2. The van der Waals surface area contributed by atoms with Gasteiger partial charge >= 0.3 is 0 Å². The van der Waals surface area contributed by atoms with E-state index >= 15 is 0 Å². The van der Waals surface area contributed by atoms with E-state index in [-0.39, 0.29) is 17.4 Å². The molecule has 0 aliphatic heterocycles. The second-order valence-electron chi connectivity index (χ2n) is 3.84. The van der Waals surface area contributed by atoms with Gasteiger partial charge in [-0.2, -0.15) is 0 Å². The zero-order valence-corrected chi connectivity index (χ0v) is 12.3. The minimum Gasteiger partial charge on any atom is -0.272 e. The highest BCUT2D eigenvalue weighted by Gasteiger charge is 2.08. The Balaban J connectivity index is 1.75. The molecule has 1 aromatic carbocycles. The summed E-state index contributed by atoms with van der Waals surface area (Å²) in [6.07, 6.45) is 4.16. The van der Waals surface area contributed by atoms with Crippen molar-refractivity contribution in [1.29, 1.82) is 0 Å². The average molecular weight is 323 g/mol. The van der Waals surface area contributed by atoms with E-state index in [1.807, 2.05) is 12.1 Å². The van der Waals surface area contributed by atoms with Crippen molar-refractivity contribution in [3.8, 4) is 0 Å². The fourth-order valence-electron chi connectivity index (χ4n) is 1.32. The molecule has 1 heterocycles. The maximum Gasteiger partial charge on any atom is 0.289 e. The van der Waals surface area contributed by atoms with E-state index in [1.54, 1.807) is 12.1 Å². The van der Waals surface area contributed by atoms with E-state index in [1.165, 1.54) is 30.4 Å². The molecular formula is C13H11ClN4O2S. The summed E-state index contributed by atoms with van der Waals surface area (Å²) in [5.74, 6) is -0.678. The lowest BCUT2D eigenvalue weighted by atomic mass is 10.4. The first-order chi connectivity index (χ1) is 10.1. The molecular weight excluding hydrogens is 312 g/mol. The third kappa shape index (κ3) is 5.05. The standard InChI is InChI=1S/C13H11ClN4O2S/c14-9-1-3-10(4-2-9)21-8-12(19)17-18-13(20)11-7-15-5-6-16-11/h1-7H,8H2,(H,17,19)(H,18,20). The number of carbonyl (C=O) groups excluding carboxylic acids is 2. The minimum absolute atomic E-state index is 0.128. The summed E-state index contributed by atoms with van der Waals surface area (Å²) in [4.78, 5) is 31.7. The molecule has 0 bridgehead atoms. The van der Waals surface area contributed by atoms with Crippen molar-refractivity contribution >= 4 is 35.2 Å². The van der Waals surface area contributed by atoms with Crippen LogP contribution in [-0.4, -0.2) is 27.5 Å². The average Bonchev–Trinajstić information content (AvgIpc) is 2.53. The van der Waals surface area contributed by atoms with Crippen LogP contribution in [0.15, 0.2) is 47.8 Å². The molecule has 0 aliphatic carbocycles. The van der Waals surface area contributed by atoms with Gasteiger partial charge in [-0.3, -0.25) is 25.4 Å². The number of amides is 2. The molecule has 2 aromatic rings. The van der Waals surface area contributed by atoms with Crippen LogP contribution < -0.4 is 10.9 Å². The fourth-order valence-corrected chi connectivity index (χ4v) is 2.15. The van der Waals surface area contributed by atoms with Crippen LogP contribution >= 0.6 is 23.4 Å². The lowest BCUT2D eigenvalue weighted by molar-refractivity contribution is -0.119. The molecule has 0 spiro atoms. The van der Waals surface area contributed by atoms with Crippen molar-refractivity contribution in [3.63, 3.8) is 0 Å². The maximum absolute atomic E-state index is 11.6. The third-order valence-corrected chi connectivity index (χ3v) is 3.56. The van der Waals surface area contributed by atoms with Gasteiger partial charge in [0.2, 0.25) is 5.91 Å². The van der Waals surface area contributed by atoms with Crippen LogP contribution in [0.2, 0.25) is 5.02 Å². The van der Waals surface area contributed by atoms with Crippen molar-refractivity contribution in [2.75, 3.05) is 5.75 Å². The van der Waals surface area contributed by atoms with Crippen molar-refractivity contribution in [1.82, 2.24) is 20.8 Å². The van der Waals surface area contributed by atoms with Gasteiger partial charge < -0.3 is 0 Å². The van der Waals surface area contributed by atoms with Crippen LogP contribution in [-0.2, 0) is 4.79 Å². The lowest BCUT2D eigenvalue weighted by Gasteiger charge is -2.06. The smallest absolute Gasteiger partial charge is 0.272 e. The summed E-state index contributed by atoms with van der Waals surface area (Å²) in [5.41, 5.74) is 4.71. The molecule has 108 valence electrons. The Morgan fingerprint density at radius 3 is 2.57 bits per heavy atom. The van der Waals surface area contributed by atoms with Gasteiger partial charge in [-0.15, -0.1) is 11.8 Å². The number of hydrazine groups is 1. The third-order valence-electron chi connectivity index (χ3n) is 2.29. The number of benzene rings is 1. The van der Waals surface area contributed by atoms with Crippen LogP contribution in [0.3, 0.4) is 0 Å². The molecule has 0 radical (unpaired) electrons. The Morgan fingerprint density at radius 2 is 1.90 bits per heavy atom. The summed E-state index contributed by atoms with van der Waals surface area (Å²) < 4.78 is 0. The van der Waals surface area contributed by atoms with E-state index in [2.05, 4.69) is 20.8 Å². The molecule has 0 unspecified atom stereocenters. The number of nitrogens with zero attached hydrogens (tertiary/aromatic N) is 2. The number of thioether (sulfide) groups is 1. The van der Waals surface area contributed by atoms with Crippen molar-refractivity contribution in [2.24, 2.45) is 0 Å². The molecule has 2 rings (SSSR count). The molecule has 0 aliphatic rings. The molecule has 0 fully saturated rings. The van der Waals surface area contributed by atoms with E-state index in [4.69, 9.17) is 11.6 Å². The number of rotatable bonds is 4. The van der Waals surface area contributed by atoms with E-state index in [0.29, 0.717) is 5.02 Å². The van der Waals surface area contributed by atoms with E-state index in [0.717, 1.165) is 4.90 Å². The number of carbonyl (C=O) groups is 2. The molecule has 0 saturated heterocycles. The quantitative estimate of drug-likeness (QED) is 0.661. The molecule has 6 nitrogen and oxygen atoms in total. The van der Waals surface area contributed by atoms with Crippen molar-refractivity contribution in [3.05, 3.63) is 53.6 Å². The molecule has 2 amide bonds. The first-order valence-corrected chi connectivity index (χ1v) is 7.25.